The van der Waals surface area contributed by atoms with Gasteiger partial charge in [0.05, 0.1) is 17.2 Å². The molecule has 0 fully saturated rings. The number of amides is 2. The summed E-state index contributed by atoms with van der Waals surface area (Å²) in [5.74, 6) is -0.434. The van der Waals surface area contributed by atoms with E-state index in [1.807, 2.05) is 30.3 Å². The molecular formula is C19H15Cl2N3O3S. The second kappa shape index (κ2) is 9.05. The first-order chi connectivity index (χ1) is 13.5. The van der Waals surface area contributed by atoms with Gasteiger partial charge in [-0.05, 0) is 25.1 Å². The number of hydrogen-bond acceptors (Lipinski definition) is 5. The van der Waals surface area contributed by atoms with Gasteiger partial charge in [0.2, 0.25) is 0 Å². The molecule has 0 atom stereocenters. The molecule has 3 aromatic rings. The molecule has 0 bridgehead atoms. The van der Waals surface area contributed by atoms with Gasteiger partial charge in [0.1, 0.15) is 10.7 Å². The third-order valence-electron chi connectivity index (χ3n) is 3.56. The van der Waals surface area contributed by atoms with Gasteiger partial charge in [-0.1, -0.05) is 64.9 Å². The lowest BCUT2D eigenvalue weighted by molar-refractivity contribution is 0.102. The standard InChI is InChI=1S/C19H15Cl2N3O3S/c1-2-27-19(26)24-18-22-15(11-6-4-3-5-7-11)17(28-18)23-16(25)13-10-12(20)8-9-14(13)21/h3-10H,2H2,1H3,(H,23,25)(H,22,24,26). The highest BCUT2D eigenvalue weighted by molar-refractivity contribution is 7.20. The number of ether oxygens (including phenoxy) is 1. The van der Waals surface area contributed by atoms with Crippen LogP contribution in [0.1, 0.15) is 17.3 Å². The van der Waals surface area contributed by atoms with Gasteiger partial charge in [0, 0.05) is 10.6 Å². The van der Waals surface area contributed by atoms with Crippen molar-refractivity contribution in [2.45, 2.75) is 6.92 Å². The molecule has 0 spiro atoms. The Hall–Kier alpha value is -2.61. The zero-order valence-electron chi connectivity index (χ0n) is 14.7. The summed E-state index contributed by atoms with van der Waals surface area (Å²) >= 11 is 13.2. The molecule has 2 amide bonds. The monoisotopic (exact) mass is 435 g/mol. The van der Waals surface area contributed by atoms with Crippen molar-refractivity contribution in [2.75, 3.05) is 17.2 Å². The largest absolute Gasteiger partial charge is 0.450 e. The number of benzene rings is 2. The van der Waals surface area contributed by atoms with Gasteiger partial charge in [0.15, 0.2) is 5.13 Å². The zero-order valence-corrected chi connectivity index (χ0v) is 17.0. The number of nitrogens with zero attached hydrogens (tertiary/aromatic N) is 1. The fourth-order valence-electron chi connectivity index (χ4n) is 2.35. The van der Waals surface area contributed by atoms with Crippen molar-refractivity contribution in [3.05, 3.63) is 64.1 Å². The molecule has 3 rings (SSSR count). The van der Waals surface area contributed by atoms with Gasteiger partial charge >= 0.3 is 6.09 Å². The second-order valence-electron chi connectivity index (χ2n) is 5.49. The molecule has 1 aromatic heterocycles. The molecule has 0 radical (unpaired) electrons. The van der Waals surface area contributed by atoms with E-state index >= 15 is 0 Å². The number of anilines is 2. The summed E-state index contributed by atoms with van der Waals surface area (Å²) in [4.78, 5) is 28.8. The Kier molecular flexibility index (Phi) is 6.51. The lowest BCUT2D eigenvalue weighted by atomic mass is 10.1. The highest BCUT2D eigenvalue weighted by Crippen LogP contribution is 2.36. The molecule has 0 saturated carbocycles. The Balaban J connectivity index is 1.94. The molecule has 9 heteroatoms. The van der Waals surface area contributed by atoms with Gasteiger partial charge in [0.25, 0.3) is 5.91 Å². The number of halogens is 2. The summed E-state index contributed by atoms with van der Waals surface area (Å²) in [7, 11) is 0. The Morgan fingerprint density at radius 3 is 2.57 bits per heavy atom. The van der Waals surface area contributed by atoms with E-state index in [-0.39, 0.29) is 17.2 Å². The van der Waals surface area contributed by atoms with Gasteiger partial charge in [-0.15, -0.1) is 0 Å². The molecule has 2 N–H and O–H groups in total. The topological polar surface area (TPSA) is 80.3 Å². The van der Waals surface area contributed by atoms with Crippen LogP contribution in [0, 0.1) is 0 Å². The molecule has 2 aromatic carbocycles. The molecule has 0 unspecified atom stereocenters. The molecule has 0 aliphatic heterocycles. The quantitative estimate of drug-likeness (QED) is 0.519. The first-order valence-corrected chi connectivity index (χ1v) is 9.81. The zero-order chi connectivity index (χ0) is 20.1. The van der Waals surface area contributed by atoms with Crippen LogP contribution in [0.15, 0.2) is 48.5 Å². The Morgan fingerprint density at radius 1 is 1.11 bits per heavy atom. The lowest BCUT2D eigenvalue weighted by Crippen LogP contribution is -2.12. The maximum absolute atomic E-state index is 12.7. The molecule has 6 nitrogen and oxygen atoms in total. The normalized spacial score (nSPS) is 10.4. The van der Waals surface area contributed by atoms with Crippen LogP contribution < -0.4 is 10.6 Å². The number of rotatable bonds is 5. The van der Waals surface area contributed by atoms with Crippen LogP contribution in [0.4, 0.5) is 14.9 Å². The number of nitrogens with one attached hydrogen (secondary N) is 2. The van der Waals surface area contributed by atoms with Crippen molar-refractivity contribution in [3.8, 4) is 11.3 Å². The number of carbonyl (C=O) groups is 2. The lowest BCUT2D eigenvalue weighted by Gasteiger charge is -2.07. The number of aromatic nitrogens is 1. The maximum Gasteiger partial charge on any atom is 0.413 e. The van der Waals surface area contributed by atoms with Crippen molar-refractivity contribution in [1.82, 2.24) is 4.98 Å². The van der Waals surface area contributed by atoms with Crippen molar-refractivity contribution in [3.63, 3.8) is 0 Å². The summed E-state index contributed by atoms with van der Waals surface area (Å²) in [6.45, 7) is 1.94. The molecular weight excluding hydrogens is 421 g/mol. The fraction of sp³-hybridized carbons (Fsp3) is 0.105. The van der Waals surface area contributed by atoms with Crippen molar-refractivity contribution in [2.24, 2.45) is 0 Å². The van der Waals surface area contributed by atoms with E-state index in [1.165, 1.54) is 6.07 Å². The highest BCUT2D eigenvalue weighted by Gasteiger charge is 2.19. The fourth-order valence-corrected chi connectivity index (χ4v) is 3.59. The average Bonchev–Trinajstić information content (AvgIpc) is 3.06. The predicted molar refractivity (Wildman–Crippen MR) is 113 cm³/mol. The Morgan fingerprint density at radius 2 is 1.86 bits per heavy atom. The first-order valence-electron chi connectivity index (χ1n) is 8.24. The van der Waals surface area contributed by atoms with Crippen LogP contribution in [-0.2, 0) is 4.74 Å². The maximum atomic E-state index is 12.7. The van der Waals surface area contributed by atoms with E-state index in [1.54, 1.807) is 19.1 Å². The number of thiazole rings is 1. The third kappa shape index (κ3) is 4.81. The second-order valence-corrected chi connectivity index (χ2v) is 7.33. The van der Waals surface area contributed by atoms with Crippen LogP contribution in [0.3, 0.4) is 0 Å². The van der Waals surface area contributed by atoms with Crippen molar-refractivity contribution < 1.29 is 14.3 Å². The molecule has 0 aliphatic rings. The Labute approximate surface area is 175 Å². The average molecular weight is 436 g/mol. The summed E-state index contributed by atoms with van der Waals surface area (Å²) in [6, 6.07) is 13.9. The van der Waals surface area contributed by atoms with E-state index in [0.717, 1.165) is 16.9 Å². The van der Waals surface area contributed by atoms with Crippen LogP contribution >= 0.6 is 34.5 Å². The molecule has 0 saturated heterocycles. The molecule has 28 heavy (non-hydrogen) atoms. The molecule has 144 valence electrons. The van der Waals surface area contributed by atoms with E-state index in [2.05, 4.69) is 15.6 Å². The van der Waals surface area contributed by atoms with Gasteiger partial charge in [-0.3, -0.25) is 10.1 Å². The van der Waals surface area contributed by atoms with E-state index in [9.17, 15) is 9.59 Å². The van der Waals surface area contributed by atoms with E-state index < -0.39 is 12.0 Å². The number of carbonyl (C=O) groups excluding carboxylic acids is 2. The van der Waals surface area contributed by atoms with Crippen molar-refractivity contribution in [1.29, 1.82) is 0 Å². The minimum atomic E-state index is -0.619. The van der Waals surface area contributed by atoms with E-state index in [0.29, 0.717) is 20.8 Å². The van der Waals surface area contributed by atoms with Gasteiger partial charge in [-0.2, -0.15) is 0 Å². The predicted octanol–water partition coefficient (Wildman–Crippen LogP) is 5.94. The smallest absolute Gasteiger partial charge is 0.413 e. The van der Waals surface area contributed by atoms with Crippen LogP contribution in [0.2, 0.25) is 10.0 Å². The third-order valence-corrected chi connectivity index (χ3v) is 5.01. The minimum absolute atomic E-state index is 0.236. The first kappa shape index (κ1) is 20.1. The van der Waals surface area contributed by atoms with Crippen LogP contribution in [0.5, 0.6) is 0 Å². The summed E-state index contributed by atoms with van der Waals surface area (Å²) in [5.41, 5.74) is 1.54. The summed E-state index contributed by atoms with van der Waals surface area (Å²) in [5, 5.41) is 6.78. The van der Waals surface area contributed by atoms with Gasteiger partial charge in [-0.25, -0.2) is 9.78 Å². The molecule has 0 aliphatic carbocycles. The van der Waals surface area contributed by atoms with Crippen LogP contribution in [0.25, 0.3) is 11.3 Å². The summed E-state index contributed by atoms with van der Waals surface area (Å²) in [6.07, 6.45) is -0.619. The van der Waals surface area contributed by atoms with Crippen LogP contribution in [-0.4, -0.2) is 23.6 Å². The Bertz CT molecular complexity index is 1010. The minimum Gasteiger partial charge on any atom is -0.450 e. The molecule has 1 heterocycles. The van der Waals surface area contributed by atoms with Gasteiger partial charge < -0.3 is 10.1 Å². The SMILES string of the molecule is CCOC(=O)Nc1nc(-c2ccccc2)c(NC(=O)c2cc(Cl)ccc2Cl)s1. The van der Waals surface area contributed by atoms with E-state index in [4.69, 9.17) is 27.9 Å². The summed E-state index contributed by atoms with van der Waals surface area (Å²) < 4.78 is 4.88. The van der Waals surface area contributed by atoms with Crippen molar-refractivity contribution >= 4 is 56.7 Å². The number of hydrogen-bond donors (Lipinski definition) is 2. The highest BCUT2D eigenvalue weighted by atomic mass is 35.5.